The molecule has 3 rings (SSSR count). The van der Waals surface area contributed by atoms with Crippen LogP contribution in [0.1, 0.15) is 41.6 Å². The lowest BCUT2D eigenvalue weighted by Crippen LogP contribution is -2.35. The summed E-state index contributed by atoms with van der Waals surface area (Å²) in [5.74, 6) is -0.697. The Morgan fingerprint density at radius 2 is 2.14 bits per heavy atom. The van der Waals surface area contributed by atoms with Gasteiger partial charge in [-0.3, -0.25) is 9.78 Å². The van der Waals surface area contributed by atoms with E-state index in [4.69, 9.17) is 4.74 Å². The highest BCUT2D eigenvalue weighted by Gasteiger charge is 2.32. The van der Waals surface area contributed by atoms with E-state index >= 15 is 0 Å². The number of ether oxygens (including phenoxy) is 1. The quantitative estimate of drug-likeness (QED) is 0.654. The molecule has 0 spiro atoms. The molecular formula is C18H21N3O5S2. The number of pyridine rings is 1. The first-order valence-electron chi connectivity index (χ1n) is 8.79. The number of nitrogens with zero attached hydrogens (tertiary/aromatic N) is 2. The zero-order valence-electron chi connectivity index (χ0n) is 15.5. The Kier molecular flexibility index (Phi) is 6.11. The number of thiophene rings is 1. The number of nitrogens with one attached hydrogen (secondary N) is 1. The number of amides is 1. The Morgan fingerprint density at radius 3 is 2.75 bits per heavy atom. The maximum atomic E-state index is 12.5. The number of aromatic nitrogens is 1. The average Bonchev–Trinajstić information content (AvgIpc) is 3.43. The lowest BCUT2D eigenvalue weighted by molar-refractivity contribution is -0.116. The van der Waals surface area contributed by atoms with Crippen LogP contribution in [-0.2, 0) is 19.6 Å². The van der Waals surface area contributed by atoms with Crippen molar-refractivity contribution in [2.75, 3.05) is 25.5 Å². The molecule has 0 aliphatic heterocycles. The Labute approximate surface area is 167 Å². The van der Waals surface area contributed by atoms with E-state index in [-0.39, 0.29) is 11.5 Å². The van der Waals surface area contributed by atoms with Crippen molar-refractivity contribution in [2.45, 2.75) is 30.6 Å². The van der Waals surface area contributed by atoms with Crippen molar-refractivity contribution in [3.05, 3.63) is 41.0 Å². The third-order valence-corrected chi connectivity index (χ3v) is 6.98. The summed E-state index contributed by atoms with van der Waals surface area (Å²) in [6.45, 7) is 1.56. The van der Waals surface area contributed by atoms with Gasteiger partial charge in [0.05, 0.1) is 18.7 Å². The van der Waals surface area contributed by atoms with Crippen LogP contribution in [0.15, 0.2) is 34.8 Å². The van der Waals surface area contributed by atoms with E-state index in [9.17, 15) is 18.0 Å². The molecule has 0 aromatic carbocycles. The zero-order valence-corrected chi connectivity index (χ0v) is 17.2. The Balaban J connectivity index is 1.74. The van der Waals surface area contributed by atoms with Crippen molar-refractivity contribution in [3.63, 3.8) is 0 Å². The minimum atomic E-state index is -3.84. The van der Waals surface area contributed by atoms with Gasteiger partial charge in [-0.25, -0.2) is 13.2 Å². The van der Waals surface area contributed by atoms with Crippen molar-refractivity contribution < 1.29 is 22.7 Å². The molecule has 2 heterocycles. The number of carbonyl (C=O) groups is 2. The summed E-state index contributed by atoms with van der Waals surface area (Å²) >= 11 is 1.25. The molecule has 2 aromatic rings. The minimum absolute atomic E-state index is 0.00431. The van der Waals surface area contributed by atoms with Gasteiger partial charge in [0.15, 0.2) is 0 Å². The second-order valence-electron chi connectivity index (χ2n) is 6.39. The first kappa shape index (κ1) is 20.4. The van der Waals surface area contributed by atoms with Gasteiger partial charge in [0.1, 0.15) is 9.90 Å². The Hall–Kier alpha value is -2.30. The maximum absolute atomic E-state index is 12.5. The highest BCUT2D eigenvalue weighted by Crippen LogP contribution is 2.46. The lowest BCUT2D eigenvalue weighted by Gasteiger charge is -2.16. The van der Waals surface area contributed by atoms with Crippen LogP contribution in [0.2, 0.25) is 0 Å². The van der Waals surface area contributed by atoms with E-state index in [1.54, 1.807) is 6.92 Å². The van der Waals surface area contributed by atoms with E-state index in [0.29, 0.717) is 16.5 Å². The van der Waals surface area contributed by atoms with E-state index in [2.05, 4.69) is 10.3 Å². The molecule has 0 radical (unpaired) electrons. The summed E-state index contributed by atoms with van der Waals surface area (Å²) in [5.41, 5.74) is 1.26. The van der Waals surface area contributed by atoms with Crippen LogP contribution in [0, 0.1) is 0 Å². The van der Waals surface area contributed by atoms with Crippen molar-refractivity contribution in [3.8, 4) is 0 Å². The van der Waals surface area contributed by atoms with Crippen LogP contribution in [0.5, 0.6) is 0 Å². The standard InChI is InChI=1S/C18H21N3O5S2/c1-3-26-18(23)16-14(12-6-7-12)11-27-17(16)20-15(22)10-21(2)28(24,25)13-5-4-8-19-9-13/h4-5,8-9,11-12H,3,6-7,10H2,1-2H3,(H,20,22). The molecule has 0 saturated heterocycles. The van der Waals surface area contributed by atoms with E-state index < -0.39 is 28.4 Å². The molecule has 1 fully saturated rings. The summed E-state index contributed by atoms with van der Waals surface area (Å²) in [6, 6.07) is 2.92. The first-order valence-corrected chi connectivity index (χ1v) is 11.1. The smallest absolute Gasteiger partial charge is 0.341 e. The molecule has 150 valence electrons. The zero-order chi connectivity index (χ0) is 20.3. The summed E-state index contributed by atoms with van der Waals surface area (Å²) in [4.78, 5) is 28.6. The van der Waals surface area contributed by atoms with Gasteiger partial charge in [-0.05, 0) is 48.8 Å². The van der Waals surface area contributed by atoms with E-state index in [1.807, 2.05) is 5.38 Å². The van der Waals surface area contributed by atoms with E-state index in [0.717, 1.165) is 22.7 Å². The molecule has 28 heavy (non-hydrogen) atoms. The third kappa shape index (κ3) is 4.40. The molecule has 1 N–H and O–H groups in total. The second-order valence-corrected chi connectivity index (χ2v) is 9.31. The van der Waals surface area contributed by atoms with Crippen molar-refractivity contribution in [1.29, 1.82) is 0 Å². The normalized spacial score (nSPS) is 14.1. The highest BCUT2D eigenvalue weighted by molar-refractivity contribution is 7.89. The Bertz CT molecular complexity index is 968. The van der Waals surface area contributed by atoms with Gasteiger partial charge in [-0.2, -0.15) is 4.31 Å². The fourth-order valence-electron chi connectivity index (χ4n) is 2.70. The predicted molar refractivity (Wildman–Crippen MR) is 105 cm³/mol. The van der Waals surface area contributed by atoms with Gasteiger partial charge in [0.25, 0.3) is 0 Å². The number of esters is 1. The van der Waals surface area contributed by atoms with E-state index in [1.165, 1.54) is 42.9 Å². The molecular weight excluding hydrogens is 402 g/mol. The molecule has 1 amide bonds. The number of anilines is 1. The molecule has 1 aliphatic carbocycles. The largest absolute Gasteiger partial charge is 0.462 e. The minimum Gasteiger partial charge on any atom is -0.462 e. The van der Waals surface area contributed by atoms with Gasteiger partial charge < -0.3 is 10.1 Å². The van der Waals surface area contributed by atoms with Crippen LogP contribution in [0.4, 0.5) is 5.00 Å². The summed E-state index contributed by atoms with van der Waals surface area (Å²) < 4.78 is 31.1. The molecule has 8 nitrogen and oxygen atoms in total. The molecule has 0 unspecified atom stereocenters. The molecule has 2 aromatic heterocycles. The van der Waals surface area contributed by atoms with Gasteiger partial charge >= 0.3 is 5.97 Å². The number of hydrogen-bond donors (Lipinski definition) is 1. The van der Waals surface area contributed by atoms with Gasteiger partial charge in [0.2, 0.25) is 15.9 Å². The van der Waals surface area contributed by atoms with Crippen LogP contribution in [-0.4, -0.2) is 49.8 Å². The number of rotatable bonds is 8. The van der Waals surface area contributed by atoms with Crippen molar-refractivity contribution >= 4 is 38.2 Å². The SMILES string of the molecule is CCOC(=O)c1c(C2CC2)csc1NC(=O)CN(C)S(=O)(=O)c1cccnc1. The van der Waals surface area contributed by atoms with Gasteiger partial charge in [-0.1, -0.05) is 0 Å². The van der Waals surface area contributed by atoms with Crippen LogP contribution in [0.3, 0.4) is 0 Å². The lowest BCUT2D eigenvalue weighted by atomic mass is 10.1. The van der Waals surface area contributed by atoms with Gasteiger partial charge in [0, 0.05) is 19.4 Å². The second kappa shape index (κ2) is 8.38. The van der Waals surface area contributed by atoms with Crippen LogP contribution < -0.4 is 5.32 Å². The molecule has 0 atom stereocenters. The third-order valence-electron chi connectivity index (χ3n) is 4.28. The number of carbonyl (C=O) groups excluding carboxylic acids is 2. The fourth-order valence-corrected chi connectivity index (χ4v) is 4.84. The number of sulfonamides is 1. The van der Waals surface area contributed by atoms with Crippen molar-refractivity contribution in [2.24, 2.45) is 0 Å². The molecule has 1 aliphatic rings. The van der Waals surface area contributed by atoms with Crippen molar-refractivity contribution in [1.82, 2.24) is 9.29 Å². The molecule has 10 heteroatoms. The van der Waals surface area contributed by atoms with Crippen LogP contribution >= 0.6 is 11.3 Å². The predicted octanol–water partition coefficient (Wildman–Crippen LogP) is 2.46. The first-order chi connectivity index (χ1) is 13.3. The molecule has 0 bridgehead atoms. The van der Waals surface area contributed by atoms with Gasteiger partial charge in [-0.15, -0.1) is 11.3 Å². The fraction of sp³-hybridized carbons (Fsp3) is 0.389. The summed E-state index contributed by atoms with van der Waals surface area (Å²) in [6.07, 6.45) is 4.70. The number of likely N-dealkylation sites (N-methyl/N-ethyl adjacent to an activating group) is 1. The topological polar surface area (TPSA) is 106 Å². The Morgan fingerprint density at radius 1 is 1.39 bits per heavy atom. The summed E-state index contributed by atoms with van der Waals surface area (Å²) in [7, 11) is -2.52. The summed E-state index contributed by atoms with van der Waals surface area (Å²) in [5, 5.41) is 4.91. The highest BCUT2D eigenvalue weighted by atomic mass is 32.2. The molecule has 1 saturated carbocycles. The average molecular weight is 424 g/mol. The monoisotopic (exact) mass is 423 g/mol. The van der Waals surface area contributed by atoms with Crippen LogP contribution in [0.25, 0.3) is 0 Å². The maximum Gasteiger partial charge on any atom is 0.341 e. The number of hydrogen-bond acceptors (Lipinski definition) is 7.